The molecule has 0 heterocycles. The molecule has 0 bridgehead atoms. The van der Waals surface area contributed by atoms with Crippen molar-refractivity contribution in [3.05, 3.63) is 41.0 Å². The van der Waals surface area contributed by atoms with E-state index in [1.165, 1.54) is 6.07 Å². The predicted molar refractivity (Wildman–Crippen MR) is 82.2 cm³/mol. The first-order valence-electron chi connectivity index (χ1n) is 6.48. The van der Waals surface area contributed by atoms with E-state index in [2.05, 4.69) is 0 Å². The SMILES string of the molecule is CC=CCCc1cc(CC)c(C(=O)Cl)cc1S(C)(=O)=O. The standard InChI is InChI=1S/C15H19ClO3S/c1-4-6-7-8-12-9-11(5-2)13(15(16)17)10-14(12)20(3,18)19/h4,6,9-10H,5,7-8H2,1-3H3. The van der Waals surface area contributed by atoms with Gasteiger partial charge in [0.15, 0.2) is 9.84 Å². The van der Waals surface area contributed by atoms with E-state index in [-0.39, 0.29) is 10.5 Å². The third-order valence-electron chi connectivity index (χ3n) is 3.09. The second-order valence-electron chi connectivity index (χ2n) is 4.62. The van der Waals surface area contributed by atoms with E-state index < -0.39 is 15.1 Å². The van der Waals surface area contributed by atoms with Crippen molar-refractivity contribution in [2.45, 2.75) is 38.0 Å². The number of benzene rings is 1. The van der Waals surface area contributed by atoms with Crippen molar-refractivity contribution in [2.75, 3.05) is 6.26 Å². The van der Waals surface area contributed by atoms with E-state index in [4.69, 9.17) is 11.6 Å². The summed E-state index contributed by atoms with van der Waals surface area (Å²) in [6, 6.07) is 3.20. The van der Waals surface area contributed by atoms with Crippen LogP contribution in [-0.2, 0) is 22.7 Å². The Bertz CT molecular complexity index is 631. The first-order chi connectivity index (χ1) is 9.31. The van der Waals surface area contributed by atoms with Crippen LogP contribution in [0, 0.1) is 0 Å². The molecule has 1 aromatic rings. The average Bonchev–Trinajstić information content (AvgIpc) is 2.36. The molecular formula is C15H19ClO3S. The van der Waals surface area contributed by atoms with E-state index >= 15 is 0 Å². The largest absolute Gasteiger partial charge is 0.276 e. The van der Waals surface area contributed by atoms with Crippen LogP contribution in [0.15, 0.2) is 29.2 Å². The van der Waals surface area contributed by atoms with Crippen molar-refractivity contribution in [2.24, 2.45) is 0 Å². The highest BCUT2D eigenvalue weighted by atomic mass is 35.5. The summed E-state index contributed by atoms with van der Waals surface area (Å²) in [5.41, 5.74) is 1.81. The summed E-state index contributed by atoms with van der Waals surface area (Å²) in [5, 5.41) is -0.619. The molecule has 0 aliphatic heterocycles. The predicted octanol–water partition coefficient (Wildman–Crippen LogP) is 3.54. The fourth-order valence-electron chi connectivity index (χ4n) is 2.10. The summed E-state index contributed by atoms with van der Waals surface area (Å²) >= 11 is 5.54. The molecule has 0 aliphatic rings. The molecular weight excluding hydrogens is 296 g/mol. The summed E-state index contributed by atoms with van der Waals surface area (Å²) in [6.45, 7) is 3.83. The molecule has 1 rings (SSSR count). The normalized spacial score (nSPS) is 12.0. The van der Waals surface area contributed by atoms with Crippen LogP contribution in [0.3, 0.4) is 0 Å². The van der Waals surface area contributed by atoms with Gasteiger partial charge in [0.2, 0.25) is 0 Å². The zero-order chi connectivity index (χ0) is 15.3. The average molecular weight is 315 g/mol. The molecule has 3 nitrogen and oxygen atoms in total. The summed E-state index contributed by atoms with van der Waals surface area (Å²) in [5.74, 6) is 0. The highest BCUT2D eigenvalue weighted by Crippen LogP contribution is 2.24. The first-order valence-corrected chi connectivity index (χ1v) is 8.75. The van der Waals surface area contributed by atoms with Gasteiger partial charge in [-0.2, -0.15) is 0 Å². The van der Waals surface area contributed by atoms with Gasteiger partial charge in [-0.25, -0.2) is 8.42 Å². The van der Waals surface area contributed by atoms with Crippen molar-refractivity contribution in [1.29, 1.82) is 0 Å². The Labute approximate surface area is 125 Å². The molecule has 0 amide bonds. The number of rotatable bonds is 6. The van der Waals surface area contributed by atoms with Gasteiger partial charge in [0.25, 0.3) is 5.24 Å². The van der Waals surface area contributed by atoms with Crippen LogP contribution in [0.1, 0.15) is 41.8 Å². The molecule has 1 aromatic carbocycles. The van der Waals surface area contributed by atoms with Gasteiger partial charge in [-0.3, -0.25) is 4.79 Å². The molecule has 0 radical (unpaired) electrons. The smallest absolute Gasteiger partial charge is 0.252 e. The molecule has 0 aromatic heterocycles. The molecule has 5 heteroatoms. The number of halogens is 1. The summed E-state index contributed by atoms with van der Waals surface area (Å²) < 4.78 is 23.8. The minimum absolute atomic E-state index is 0.197. The molecule has 0 fully saturated rings. The molecule has 0 N–H and O–H groups in total. The number of allylic oxidation sites excluding steroid dienone is 2. The van der Waals surface area contributed by atoms with E-state index in [0.717, 1.165) is 23.8 Å². The molecule has 0 saturated heterocycles. The summed E-state index contributed by atoms with van der Waals surface area (Å²) in [4.78, 5) is 11.6. The molecule has 0 spiro atoms. The minimum Gasteiger partial charge on any atom is -0.276 e. The molecule has 0 aliphatic carbocycles. The van der Waals surface area contributed by atoms with Crippen LogP contribution < -0.4 is 0 Å². The minimum atomic E-state index is -3.39. The second-order valence-corrected chi connectivity index (χ2v) is 6.95. The van der Waals surface area contributed by atoms with Crippen LogP contribution in [-0.4, -0.2) is 19.9 Å². The van der Waals surface area contributed by atoms with Crippen LogP contribution >= 0.6 is 11.6 Å². The van der Waals surface area contributed by atoms with Gasteiger partial charge in [-0.05, 0) is 55.0 Å². The summed E-state index contributed by atoms with van der Waals surface area (Å²) in [7, 11) is -3.39. The molecule has 0 atom stereocenters. The van der Waals surface area contributed by atoms with Gasteiger partial charge in [0.1, 0.15) is 0 Å². The lowest BCUT2D eigenvalue weighted by Gasteiger charge is -2.12. The number of aryl methyl sites for hydroxylation is 2. The second kappa shape index (κ2) is 7.04. The van der Waals surface area contributed by atoms with E-state index in [1.54, 1.807) is 6.07 Å². The van der Waals surface area contributed by atoms with Gasteiger partial charge in [0.05, 0.1) is 4.90 Å². The monoisotopic (exact) mass is 314 g/mol. The number of sulfone groups is 1. The van der Waals surface area contributed by atoms with Crippen molar-refractivity contribution < 1.29 is 13.2 Å². The van der Waals surface area contributed by atoms with E-state index in [0.29, 0.717) is 12.8 Å². The molecule has 0 unspecified atom stereocenters. The molecule has 20 heavy (non-hydrogen) atoms. The van der Waals surface area contributed by atoms with Crippen LogP contribution in [0.25, 0.3) is 0 Å². The van der Waals surface area contributed by atoms with E-state index in [9.17, 15) is 13.2 Å². The number of hydrogen-bond acceptors (Lipinski definition) is 3. The number of carbonyl (C=O) groups excluding carboxylic acids is 1. The topological polar surface area (TPSA) is 51.2 Å². The number of carbonyl (C=O) groups is 1. The van der Waals surface area contributed by atoms with Gasteiger partial charge >= 0.3 is 0 Å². The fourth-order valence-corrected chi connectivity index (χ4v) is 3.24. The van der Waals surface area contributed by atoms with E-state index in [1.807, 2.05) is 26.0 Å². The lowest BCUT2D eigenvalue weighted by atomic mass is 10.00. The maximum Gasteiger partial charge on any atom is 0.252 e. The van der Waals surface area contributed by atoms with Crippen LogP contribution in [0.2, 0.25) is 0 Å². The molecule has 110 valence electrons. The Morgan fingerprint density at radius 3 is 2.40 bits per heavy atom. The van der Waals surface area contributed by atoms with Crippen LogP contribution in [0.4, 0.5) is 0 Å². The zero-order valence-electron chi connectivity index (χ0n) is 11.9. The van der Waals surface area contributed by atoms with Crippen molar-refractivity contribution >= 4 is 26.7 Å². The summed E-state index contributed by atoms with van der Waals surface area (Å²) in [6.07, 6.45) is 7.08. The Kier molecular flexibility index (Phi) is 5.96. The van der Waals surface area contributed by atoms with Gasteiger partial charge in [-0.1, -0.05) is 25.1 Å². The third kappa shape index (κ3) is 4.18. The van der Waals surface area contributed by atoms with Gasteiger partial charge < -0.3 is 0 Å². The van der Waals surface area contributed by atoms with Crippen LogP contribution in [0.5, 0.6) is 0 Å². The van der Waals surface area contributed by atoms with Crippen molar-refractivity contribution in [1.82, 2.24) is 0 Å². The maximum atomic E-state index is 11.9. The van der Waals surface area contributed by atoms with Crippen molar-refractivity contribution in [3.8, 4) is 0 Å². The van der Waals surface area contributed by atoms with Gasteiger partial charge in [-0.15, -0.1) is 0 Å². The highest BCUT2D eigenvalue weighted by Gasteiger charge is 2.18. The van der Waals surface area contributed by atoms with Crippen molar-refractivity contribution in [3.63, 3.8) is 0 Å². The Balaban J connectivity index is 3.43. The lowest BCUT2D eigenvalue weighted by Crippen LogP contribution is -2.07. The zero-order valence-corrected chi connectivity index (χ0v) is 13.5. The fraction of sp³-hybridized carbons (Fsp3) is 0.400. The quantitative estimate of drug-likeness (QED) is 0.596. The first kappa shape index (κ1) is 16.9. The highest BCUT2D eigenvalue weighted by molar-refractivity contribution is 7.90. The lowest BCUT2D eigenvalue weighted by molar-refractivity contribution is 0.108. The molecule has 0 saturated carbocycles. The Morgan fingerprint density at radius 1 is 1.30 bits per heavy atom. The number of hydrogen-bond donors (Lipinski definition) is 0. The Hall–Kier alpha value is -1.13. The maximum absolute atomic E-state index is 11.9. The Morgan fingerprint density at radius 2 is 1.95 bits per heavy atom. The van der Waals surface area contributed by atoms with Gasteiger partial charge in [0, 0.05) is 11.8 Å². The third-order valence-corrected chi connectivity index (χ3v) is 4.48.